The molecule has 0 bridgehead atoms. The number of carbonyl (C=O) groups excluding carboxylic acids is 1. The van der Waals surface area contributed by atoms with E-state index in [9.17, 15) is 4.79 Å². The standard InChI is InChI=1S/C22H31ClN4O/c1-17(2)27-16-20(13-24-27)22(28)25(3)14-19-5-4-11-26(15-19)12-10-18-6-8-21(23)9-7-18/h6-9,13,16-17,19H,4-5,10-12,14-15H2,1-3H3/t19-/m0/s1. The highest BCUT2D eigenvalue weighted by atomic mass is 35.5. The summed E-state index contributed by atoms with van der Waals surface area (Å²) in [5.41, 5.74) is 1.99. The molecule has 1 aromatic heterocycles. The maximum absolute atomic E-state index is 12.7. The van der Waals surface area contributed by atoms with Gasteiger partial charge < -0.3 is 9.80 Å². The molecule has 0 spiro atoms. The fraction of sp³-hybridized carbons (Fsp3) is 0.545. The molecule has 152 valence electrons. The number of hydrogen-bond acceptors (Lipinski definition) is 3. The molecule has 6 heteroatoms. The van der Waals surface area contributed by atoms with E-state index in [4.69, 9.17) is 11.6 Å². The molecule has 5 nitrogen and oxygen atoms in total. The minimum absolute atomic E-state index is 0.0604. The van der Waals surface area contributed by atoms with Crippen LogP contribution in [0.3, 0.4) is 0 Å². The smallest absolute Gasteiger partial charge is 0.256 e. The van der Waals surface area contributed by atoms with Crippen LogP contribution < -0.4 is 0 Å². The number of likely N-dealkylation sites (tertiary alicyclic amines) is 1. The molecule has 1 saturated heterocycles. The van der Waals surface area contributed by atoms with E-state index in [1.54, 1.807) is 6.20 Å². The molecule has 2 aromatic rings. The van der Waals surface area contributed by atoms with Gasteiger partial charge in [0.2, 0.25) is 0 Å². The number of amides is 1. The van der Waals surface area contributed by atoms with Crippen molar-refractivity contribution in [1.82, 2.24) is 19.6 Å². The summed E-state index contributed by atoms with van der Waals surface area (Å²) in [6.45, 7) is 8.16. The number of aromatic nitrogens is 2. The Morgan fingerprint density at radius 3 is 2.75 bits per heavy atom. The molecule has 1 aliphatic rings. The van der Waals surface area contributed by atoms with Gasteiger partial charge in [0.15, 0.2) is 0 Å². The summed E-state index contributed by atoms with van der Waals surface area (Å²) < 4.78 is 1.83. The number of piperidine rings is 1. The van der Waals surface area contributed by atoms with Gasteiger partial charge in [-0.3, -0.25) is 9.48 Å². The Balaban J connectivity index is 1.49. The van der Waals surface area contributed by atoms with Gasteiger partial charge in [-0.05, 0) is 63.3 Å². The van der Waals surface area contributed by atoms with Gasteiger partial charge in [0, 0.05) is 43.9 Å². The number of benzene rings is 1. The first-order valence-corrected chi connectivity index (χ1v) is 10.6. The van der Waals surface area contributed by atoms with Crippen LogP contribution in [0.4, 0.5) is 0 Å². The first-order valence-electron chi connectivity index (χ1n) is 10.2. The largest absolute Gasteiger partial charge is 0.341 e. The molecule has 0 radical (unpaired) electrons. The van der Waals surface area contributed by atoms with Crippen molar-refractivity contribution in [3.63, 3.8) is 0 Å². The predicted molar refractivity (Wildman–Crippen MR) is 114 cm³/mol. The fourth-order valence-corrected chi connectivity index (χ4v) is 3.99. The monoisotopic (exact) mass is 402 g/mol. The Bertz CT molecular complexity index is 771. The van der Waals surface area contributed by atoms with E-state index in [0.29, 0.717) is 11.5 Å². The average Bonchev–Trinajstić information content (AvgIpc) is 3.18. The highest BCUT2D eigenvalue weighted by Gasteiger charge is 2.23. The first-order chi connectivity index (χ1) is 13.4. The fourth-order valence-electron chi connectivity index (χ4n) is 3.86. The van der Waals surface area contributed by atoms with E-state index in [-0.39, 0.29) is 11.9 Å². The molecule has 1 atom stereocenters. The zero-order chi connectivity index (χ0) is 20.1. The Morgan fingerprint density at radius 1 is 1.32 bits per heavy atom. The Kier molecular flexibility index (Phi) is 7.13. The lowest BCUT2D eigenvalue weighted by Gasteiger charge is -2.34. The molecule has 1 amide bonds. The van der Waals surface area contributed by atoms with Crippen LogP contribution in [0.15, 0.2) is 36.7 Å². The quantitative estimate of drug-likeness (QED) is 0.698. The predicted octanol–water partition coefficient (Wildman–Crippen LogP) is 4.14. The van der Waals surface area contributed by atoms with Crippen LogP contribution in [-0.4, -0.2) is 58.7 Å². The van der Waals surface area contributed by atoms with Gasteiger partial charge in [0.1, 0.15) is 0 Å². The molecular weight excluding hydrogens is 372 g/mol. The van der Waals surface area contributed by atoms with Crippen LogP contribution in [0, 0.1) is 5.92 Å². The van der Waals surface area contributed by atoms with Crippen LogP contribution in [0.25, 0.3) is 0 Å². The van der Waals surface area contributed by atoms with Crippen LogP contribution in [-0.2, 0) is 6.42 Å². The summed E-state index contributed by atoms with van der Waals surface area (Å²) in [5.74, 6) is 0.582. The number of nitrogens with zero attached hydrogens (tertiary/aromatic N) is 4. The summed E-state index contributed by atoms with van der Waals surface area (Å²) in [5, 5.41) is 5.07. The van der Waals surface area contributed by atoms with Crippen LogP contribution in [0.2, 0.25) is 5.02 Å². The molecule has 28 heavy (non-hydrogen) atoms. The third-order valence-corrected chi connectivity index (χ3v) is 5.74. The lowest BCUT2D eigenvalue weighted by atomic mass is 9.97. The van der Waals surface area contributed by atoms with Gasteiger partial charge in [-0.15, -0.1) is 0 Å². The topological polar surface area (TPSA) is 41.4 Å². The Hall–Kier alpha value is -1.85. The van der Waals surface area contributed by atoms with Crippen molar-refractivity contribution < 1.29 is 4.79 Å². The summed E-state index contributed by atoms with van der Waals surface area (Å²) in [4.78, 5) is 17.1. The lowest BCUT2D eigenvalue weighted by molar-refractivity contribution is 0.0730. The molecule has 0 aliphatic carbocycles. The van der Waals surface area contributed by atoms with Gasteiger partial charge in [-0.2, -0.15) is 5.10 Å². The van der Waals surface area contributed by atoms with E-state index in [1.165, 1.54) is 18.4 Å². The number of halogens is 1. The molecule has 3 rings (SSSR count). The first kappa shape index (κ1) is 20.9. The molecule has 0 saturated carbocycles. The van der Waals surface area contributed by atoms with Gasteiger partial charge >= 0.3 is 0 Å². The SMILES string of the molecule is CC(C)n1cc(C(=O)N(C)C[C@@H]2CCCN(CCc3ccc(Cl)cc3)C2)cn1. The van der Waals surface area contributed by atoms with Crippen LogP contribution in [0.5, 0.6) is 0 Å². The van der Waals surface area contributed by atoms with E-state index >= 15 is 0 Å². The van der Waals surface area contributed by atoms with Crippen LogP contribution >= 0.6 is 11.6 Å². The number of hydrogen-bond donors (Lipinski definition) is 0. The maximum atomic E-state index is 12.7. The molecule has 2 heterocycles. The number of carbonyl (C=O) groups is 1. The molecule has 0 N–H and O–H groups in total. The summed E-state index contributed by atoms with van der Waals surface area (Å²) >= 11 is 5.97. The zero-order valence-corrected chi connectivity index (χ0v) is 17.9. The summed E-state index contributed by atoms with van der Waals surface area (Å²) in [6, 6.07) is 8.39. The highest BCUT2D eigenvalue weighted by Crippen LogP contribution is 2.19. The normalized spacial score (nSPS) is 17.8. The zero-order valence-electron chi connectivity index (χ0n) is 17.1. The minimum atomic E-state index is 0.0604. The molecular formula is C22H31ClN4O. The van der Waals surface area contributed by atoms with E-state index in [2.05, 4.69) is 36.0 Å². The van der Waals surface area contributed by atoms with Crippen molar-refractivity contribution in [1.29, 1.82) is 0 Å². The van der Waals surface area contributed by atoms with Crippen molar-refractivity contribution in [2.45, 2.75) is 39.2 Å². The van der Waals surface area contributed by atoms with E-state index in [1.807, 2.05) is 35.0 Å². The second-order valence-electron chi connectivity index (χ2n) is 8.17. The average molecular weight is 403 g/mol. The van der Waals surface area contributed by atoms with Gasteiger partial charge in [0.05, 0.1) is 11.8 Å². The van der Waals surface area contributed by atoms with Gasteiger partial charge in [-0.1, -0.05) is 23.7 Å². The van der Waals surface area contributed by atoms with Gasteiger partial charge in [-0.25, -0.2) is 0 Å². The lowest BCUT2D eigenvalue weighted by Crippen LogP contribution is -2.42. The minimum Gasteiger partial charge on any atom is -0.341 e. The molecule has 1 aromatic carbocycles. The Morgan fingerprint density at radius 2 is 2.07 bits per heavy atom. The second kappa shape index (κ2) is 9.57. The molecule has 1 aliphatic heterocycles. The third-order valence-electron chi connectivity index (χ3n) is 5.49. The van der Waals surface area contributed by atoms with Crippen molar-refractivity contribution in [2.75, 3.05) is 33.2 Å². The molecule has 1 fully saturated rings. The maximum Gasteiger partial charge on any atom is 0.256 e. The van der Waals surface area contributed by atoms with Crippen molar-refractivity contribution in [3.8, 4) is 0 Å². The number of rotatable bonds is 7. The van der Waals surface area contributed by atoms with E-state index < -0.39 is 0 Å². The van der Waals surface area contributed by atoms with Crippen LogP contribution in [0.1, 0.15) is 48.7 Å². The van der Waals surface area contributed by atoms with Crippen molar-refractivity contribution >= 4 is 17.5 Å². The highest BCUT2D eigenvalue weighted by molar-refractivity contribution is 6.30. The van der Waals surface area contributed by atoms with E-state index in [0.717, 1.165) is 37.6 Å². The molecule has 0 unspecified atom stereocenters. The third kappa shape index (κ3) is 5.58. The second-order valence-corrected chi connectivity index (χ2v) is 8.61. The van der Waals surface area contributed by atoms with Crippen molar-refractivity contribution in [2.24, 2.45) is 5.92 Å². The van der Waals surface area contributed by atoms with Crippen molar-refractivity contribution in [3.05, 3.63) is 52.8 Å². The summed E-state index contributed by atoms with van der Waals surface area (Å²) in [7, 11) is 1.90. The Labute approximate surface area is 173 Å². The van der Waals surface area contributed by atoms with Gasteiger partial charge in [0.25, 0.3) is 5.91 Å². The summed E-state index contributed by atoms with van der Waals surface area (Å²) in [6.07, 6.45) is 6.94.